The van der Waals surface area contributed by atoms with E-state index in [9.17, 15) is 10.2 Å². The summed E-state index contributed by atoms with van der Waals surface area (Å²) >= 11 is 0. The van der Waals surface area contributed by atoms with Gasteiger partial charge in [0.2, 0.25) is 0 Å². The van der Waals surface area contributed by atoms with Crippen LogP contribution in [0.4, 0.5) is 0 Å². The summed E-state index contributed by atoms with van der Waals surface area (Å²) in [4.78, 5) is 12.9. The van der Waals surface area contributed by atoms with Gasteiger partial charge in [-0.25, -0.2) is 4.98 Å². The van der Waals surface area contributed by atoms with Crippen molar-refractivity contribution in [2.24, 2.45) is 0 Å². The number of nitrogens with one attached hydrogen (secondary N) is 1. The molecule has 4 aromatic rings. The van der Waals surface area contributed by atoms with Crippen molar-refractivity contribution in [1.29, 1.82) is 0 Å². The van der Waals surface area contributed by atoms with E-state index in [0.717, 1.165) is 68.1 Å². The van der Waals surface area contributed by atoms with Crippen molar-refractivity contribution < 1.29 is 10.2 Å². The van der Waals surface area contributed by atoms with E-state index in [0.29, 0.717) is 0 Å². The standard InChI is InChI=1S/C20H24N4O2.C9H12/c25-18-7-6-15(12-19(18)26)13-23-8-3-9-24(11-10-23)14-20-21-16-4-1-2-5-17(16)22-20;1-7-4-8(2)6-9(3)5-7/h1-2,4-7,12,25-26H,3,8-11,13-14H2,(H,21,22);4-6H,1-3H3. The Hall–Kier alpha value is -3.35. The first-order valence-electron chi connectivity index (χ1n) is 12.3. The molecule has 2 heterocycles. The molecule has 0 aliphatic carbocycles. The van der Waals surface area contributed by atoms with Gasteiger partial charge in [0.15, 0.2) is 11.5 Å². The van der Waals surface area contributed by atoms with Crippen molar-refractivity contribution in [1.82, 2.24) is 19.8 Å². The molecule has 0 saturated carbocycles. The van der Waals surface area contributed by atoms with Crippen molar-refractivity contribution in [2.45, 2.75) is 40.3 Å². The lowest BCUT2D eigenvalue weighted by molar-refractivity contribution is 0.244. The second-order valence-electron chi connectivity index (χ2n) is 9.59. The fourth-order valence-corrected chi connectivity index (χ4v) is 4.76. The Kier molecular flexibility index (Phi) is 8.06. The summed E-state index contributed by atoms with van der Waals surface area (Å²) < 4.78 is 0. The Morgan fingerprint density at radius 1 is 0.743 bits per heavy atom. The van der Waals surface area contributed by atoms with Crippen LogP contribution in [0.1, 0.15) is 34.5 Å². The van der Waals surface area contributed by atoms with Crippen LogP contribution in [-0.4, -0.2) is 56.2 Å². The molecule has 0 atom stereocenters. The van der Waals surface area contributed by atoms with Crippen molar-refractivity contribution in [3.63, 3.8) is 0 Å². The average molecular weight is 473 g/mol. The van der Waals surface area contributed by atoms with Gasteiger partial charge >= 0.3 is 0 Å². The van der Waals surface area contributed by atoms with Crippen LogP contribution < -0.4 is 0 Å². The largest absolute Gasteiger partial charge is 0.504 e. The molecule has 0 spiro atoms. The number of hydrogen-bond donors (Lipinski definition) is 3. The average Bonchev–Trinajstić information content (AvgIpc) is 3.08. The van der Waals surface area contributed by atoms with Gasteiger partial charge in [-0.05, 0) is 70.1 Å². The topological polar surface area (TPSA) is 75.6 Å². The summed E-state index contributed by atoms with van der Waals surface area (Å²) in [7, 11) is 0. The van der Waals surface area contributed by atoms with E-state index in [1.165, 1.54) is 16.7 Å². The summed E-state index contributed by atoms with van der Waals surface area (Å²) in [6.07, 6.45) is 1.10. The highest BCUT2D eigenvalue weighted by atomic mass is 16.3. The molecule has 0 radical (unpaired) electrons. The molecule has 3 N–H and O–H groups in total. The summed E-state index contributed by atoms with van der Waals surface area (Å²) in [5.74, 6) is 0.897. The zero-order valence-electron chi connectivity index (χ0n) is 21.0. The number of hydrogen-bond acceptors (Lipinski definition) is 5. The number of phenols is 2. The third kappa shape index (κ3) is 7.07. The van der Waals surface area contributed by atoms with E-state index < -0.39 is 0 Å². The molecule has 0 amide bonds. The number of benzene rings is 3. The smallest absolute Gasteiger partial charge is 0.157 e. The molecule has 6 heteroatoms. The van der Waals surface area contributed by atoms with Crippen LogP contribution in [0.15, 0.2) is 60.7 Å². The summed E-state index contributed by atoms with van der Waals surface area (Å²) in [6, 6.07) is 19.8. The van der Waals surface area contributed by atoms with Crippen LogP contribution in [0.25, 0.3) is 11.0 Å². The lowest BCUT2D eigenvalue weighted by Crippen LogP contribution is -2.30. The van der Waals surface area contributed by atoms with Crippen molar-refractivity contribution in [3.05, 3.63) is 88.7 Å². The molecule has 1 saturated heterocycles. The van der Waals surface area contributed by atoms with E-state index in [1.54, 1.807) is 12.1 Å². The van der Waals surface area contributed by atoms with Crippen molar-refractivity contribution in [3.8, 4) is 11.5 Å². The number of fused-ring (bicyclic) bond motifs is 1. The van der Waals surface area contributed by atoms with Gasteiger partial charge in [0.05, 0.1) is 17.6 Å². The first-order valence-corrected chi connectivity index (χ1v) is 12.3. The van der Waals surface area contributed by atoms with Crippen molar-refractivity contribution >= 4 is 11.0 Å². The minimum atomic E-state index is -0.0679. The van der Waals surface area contributed by atoms with Gasteiger partial charge in [-0.3, -0.25) is 9.80 Å². The van der Waals surface area contributed by atoms with Crippen LogP contribution in [0.3, 0.4) is 0 Å². The lowest BCUT2D eigenvalue weighted by atomic mass is 10.1. The zero-order valence-corrected chi connectivity index (χ0v) is 21.0. The maximum atomic E-state index is 9.66. The third-order valence-corrected chi connectivity index (χ3v) is 6.30. The fourth-order valence-electron chi connectivity index (χ4n) is 4.76. The maximum absolute atomic E-state index is 9.66. The predicted octanol–water partition coefficient (Wildman–Crippen LogP) is 5.29. The van der Waals surface area contributed by atoms with Crippen LogP contribution in [0.5, 0.6) is 11.5 Å². The first kappa shape index (κ1) is 24.8. The Morgan fingerprint density at radius 2 is 1.37 bits per heavy atom. The molecule has 184 valence electrons. The number of para-hydroxylation sites is 2. The molecule has 35 heavy (non-hydrogen) atoms. The Balaban J connectivity index is 0.000000271. The molecule has 1 aliphatic rings. The molecular weight excluding hydrogens is 436 g/mol. The van der Waals surface area contributed by atoms with E-state index >= 15 is 0 Å². The highest BCUT2D eigenvalue weighted by molar-refractivity contribution is 5.74. The Morgan fingerprint density at radius 3 is 2.00 bits per heavy atom. The Labute approximate surface area is 207 Å². The van der Waals surface area contributed by atoms with Crippen LogP contribution in [-0.2, 0) is 13.1 Å². The summed E-state index contributed by atoms with van der Waals surface area (Å²) in [5.41, 5.74) is 7.19. The monoisotopic (exact) mass is 472 g/mol. The van der Waals surface area contributed by atoms with Gasteiger partial charge in [-0.15, -0.1) is 0 Å². The van der Waals surface area contributed by atoms with Crippen LogP contribution >= 0.6 is 0 Å². The number of phenolic OH excluding ortho intramolecular Hbond substituents is 2. The van der Waals surface area contributed by atoms with Gasteiger partial charge < -0.3 is 15.2 Å². The fraction of sp³-hybridized carbons (Fsp3) is 0.345. The number of imidazole rings is 1. The molecule has 1 aromatic heterocycles. The maximum Gasteiger partial charge on any atom is 0.157 e. The summed E-state index contributed by atoms with van der Waals surface area (Å²) in [5, 5.41) is 19.1. The minimum Gasteiger partial charge on any atom is -0.504 e. The molecule has 1 aliphatic heterocycles. The number of rotatable bonds is 4. The highest BCUT2D eigenvalue weighted by Gasteiger charge is 2.17. The second kappa shape index (κ2) is 11.4. The van der Waals surface area contributed by atoms with Crippen LogP contribution in [0.2, 0.25) is 0 Å². The number of aromatic hydroxyl groups is 2. The van der Waals surface area contributed by atoms with Gasteiger partial charge in [0.1, 0.15) is 5.82 Å². The number of nitrogens with zero attached hydrogens (tertiary/aromatic N) is 3. The van der Waals surface area contributed by atoms with Gasteiger partial charge in [0.25, 0.3) is 0 Å². The molecule has 0 unspecified atom stereocenters. The third-order valence-electron chi connectivity index (χ3n) is 6.30. The number of aryl methyl sites for hydroxylation is 3. The molecule has 3 aromatic carbocycles. The summed E-state index contributed by atoms with van der Waals surface area (Å²) in [6.45, 7) is 12.0. The van der Waals surface area contributed by atoms with Gasteiger partial charge in [-0.2, -0.15) is 0 Å². The zero-order chi connectivity index (χ0) is 24.8. The molecular formula is C29H36N4O2. The number of H-pyrrole nitrogens is 1. The SMILES string of the molecule is Cc1cc(C)cc(C)c1.Oc1ccc(CN2CCCN(Cc3nc4ccccc4[nH]3)CC2)cc1O. The molecule has 0 bridgehead atoms. The first-order chi connectivity index (χ1) is 16.9. The van der Waals surface area contributed by atoms with E-state index in [1.807, 2.05) is 24.3 Å². The van der Waals surface area contributed by atoms with Crippen LogP contribution in [0, 0.1) is 20.8 Å². The molecule has 6 nitrogen and oxygen atoms in total. The minimum absolute atomic E-state index is 0.0520. The number of aromatic amines is 1. The number of aromatic nitrogens is 2. The molecule has 5 rings (SSSR count). The molecule has 1 fully saturated rings. The normalized spacial score (nSPS) is 14.9. The quantitative estimate of drug-likeness (QED) is 0.352. The van der Waals surface area contributed by atoms with E-state index in [2.05, 4.69) is 64.8 Å². The van der Waals surface area contributed by atoms with Gasteiger partial charge in [0, 0.05) is 19.6 Å². The van der Waals surface area contributed by atoms with Crippen molar-refractivity contribution in [2.75, 3.05) is 26.2 Å². The van der Waals surface area contributed by atoms with E-state index in [-0.39, 0.29) is 11.5 Å². The van der Waals surface area contributed by atoms with Gasteiger partial charge in [-0.1, -0.05) is 53.1 Å². The Bertz CT molecular complexity index is 1180. The van der Waals surface area contributed by atoms with E-state index in [4.69, 9.17) is 0 Å². The highest BCUT2D eigenvalue weighted by Crippen LogP contribution is 2.25. The second-order valence-corrected chi connectivity index (χ2v) is 9.59. The predicted molar refractivity (Wildman–Crippen MR) is 142 cm³/mol. The lowest BCUT2D eigenvalue weighted by Gasteiger charge is -2.21.